The van der Waals surface area contributed by atoms with Crippen LogP contribution in [0.4, 0.5) is 0 Å². The Labute approximate surface area is 172 Å². The summed E-state index contributed by atoms with van der Waals surface area (Å²) in [4.78, 5) is 26.2. The first-order valence-electron chi connectivity index (χ1n) is 9.29. The summed E-state index contributed by atoms with van der Waals surface area (Å²) in [5.41, 5.74) is 2.37. The van der Waals surface area contributed by atoms with Crippen molar-refractivity contribution in [2.45, 2.75) is 19.4 Å². The smallest absolute Gasteiger partial charge is 0.343 e. The van der Waals surface area contributed by atoms with Crippen molar-refractivity contribution in [1.82, 2.24) is 4.57 Å². The second-order valence-corrected chi connectivity index (χ2v) is 7.64. The minimum Gasteiger partial charge on any atom is -0.493 e. The van der Waals surface area contributed by atoms with E-state index < -0.39 is 5.97 Å². The molecule has 0 saturated heterocycles. The molecule has 0 radical (unpaired) electrons. The van der Waals surface area contributed by atoms with E-state index in [2.05, 4.69) is 6.07 Å². The van der Waals surface area contributed by atoms with Crippen LogP contribution in [0.25, 0.3) is 11.3 Å². The molecule has 1 aliphatic heterocycles. The predicted octanol–water partition coefficient (Wildman–Crippen LogP) is 3.92. The van der Waals surface area contributed by atoms with Gasteiger partial charge in [-0.2, -0.15) is 0 Å². The molecule has 6 nitrogen and oxygen atoms in total. The van der Waals surface area contributed by atoms with Gasteiger partial charge in [-0.15, -0.1) is 11.3 Å². The van der Waals surface area contributed by atoms with Gasteiger partial charge in [0.05, 0.1) is 32.6 Å². The molecule has 29 heavy (non-hydrogen) atoms. The van der Waals surface area contributed by atoms with E-state index in [1.807, 2.05) is 28.1 Å². The lowest BCUT2D eigenvalue weighted by Gasteiger charge is -2.31. The first-order valence-corrected chi connectivity index (χ1v) is 10.2. The van der Waals surface area contributed by atoms with Crippen LogP contribution in [-0.4, -0.2) is 31.4 Å². The van der Waals surface area contributed by atoms with Gasteiger partial charge in [0, 0.05) is 22.7 Å². The summed E-state index contributed by atoms with van der Waals surface area (Å²) in [5.74, 6) is 0.639. The summed E-state index contributed by atoms with van der Waals surface area (Å²) in [7, 11) is 3.19. The Bertz CT molecular complexity index is 1120. The molecular formula is C22H21NO5S. The average molecular weight is 411 g/mol. The Hall–Kier alpha value is -3.06. The fourth-order valence-corrected chi connectivity index (χ4v) is 4.56. The van der Waals surface area contributed by atoms with Gasteiger partial charge in [-0.25, -0.2) is 4.79 Å². The molecule has 1 unspecified atom stereocenters. The monoisotopic (exact) mass is 411 g/mol. The van der Waals surface area contributed by atoms with E-state index in [0.717, 1.165) is 21.7 Å². The number of aromatic nitrogens is 1. The largest absolute Gasteiger partial charge is 0.493 e. The number of rotatable bonds is 5. The summed E-state index contributed by atoms with van der Waals surface area (Å²) >= 11 is 1.64. The molecule has 1 aromatic carbocycles. The minimum absolute atomic E-state index is 0.0376. The van der Waals surface area contributed by atoms with Crippen LogP contribution in [0.5, 0.6) is 11.5 Å². The van der Waals surface area contributed by atoms with E-state index in [1.54, 1.807) is 38.7 Å². The molecule has 4 rings (SSSR count). The zero-order valence-electron chi connectivity index (χ0n) is 16.4. The van der Waals surface area contributed by atoms with Gasteiger partial charge in [-0.3, -0.25) is 4.79 Å². The van der Waals surface area contributed by atoms with E-state index in [9.17, 15) is 9.59 Å². The van der Waals surface area contributed by atoms with Crippen LogP contribution in [0, 0.1) is 0 Å². The third kappa shape index (κ3) is 3.31. The summed E-state index contributed by atoms with van der Waals surface area (Å²) in [6, 6.07) is 9.38. The molecular weight excluding hydrogens is 390 g/mol. The Balaban J connectivity index is 1.96. The zero-order valence-corrected chi connectivity index (χ0v) is 17.2. The fraction of sp³-hybridized carbons (Fsp3) is 0.273. The van der Waals surface area contributed by atoms with E-state index in [-0.39, 0.29) is 23.6 Å². The minimum atomic E-state index is -0.601. The molecule has 0 aliphatic carbocycles. The van der Waals surface area contributed by atoms with Crippen LogP contribution in [0.2, 0.25) is 0 Å². The van der Waals surface area contributed by atoms with Crippen molar-refractivity contribution in [2.24, 2.45) is 0 Å². The normalized spacial score (nSPS) is 14.7. The Morgan fingerprint density at radius 1 is 1.21 bits per heavy atom. The summed E-state index contributed by atoms with van der Waals surface area (Å²) in [6.45, 7) is 1.94. The van der Waals surface area contributed by atoms with Crippen LogP contribution >= 0.6 is 11.3 Å². The topological polar surface area (TPSA) is 66.8 Å². The SMILES string of the molecule is CCOC(=O)c1cn2c(cc1=O)-c1cc(OC)c(OC)cc1CC2c1cccs1. The Kier molecular flexibility index (Phi) is 5.15. The number of pyridine rings is 1. The lowest BCUT2D eigenvalue weighted by molar-refractivity contribution is 0.0523. The molecule has 1 atom stereocenters. The predicted molar refractivity (Wildman–Crippen MR) is 111 cm³/mol. The highest BCUT2D eigenvalue weighted by Crippen LogP contribution is 2.43. The molecule has 0 spiro atoms. The lowest BCUT2D eigenvalue weighted by Crippen LogP contribution is -2.26. The number of methoxy groups -OCH3 is 2. The average Bonchev–Trinajstić information content (AvgIpc) is 3.26. The molecule has 150 valence electrons. The molecule has 0 N–H and O–H groups in total. The van der Waals surface area contributed by atoms with Crippen LogP contribution in [0.15, 0.2) is 46.7 Å². The van der Waals surface area contributed by atoms with Crippen molar-refractivity contribution in [3.05, 3.63) is 68.1 Å². The number of carbonyl (C=O) groups is 1. The van der Waals surface area contributed by atoms with Crippen molar-refractivity contribution in [1.29, 1.82) is 0 Å². The number of benzene rings is 1. The van der Waals surface area contributed by atoms with E-state index in [0.29, 0.717) is 17.9 Å². The summed E-state index contributed by atoms with van der Waals surface area (Å²) < 4.78 is 18.0. The number of esters is 1. The highest BCUT2D eigenvalue weighted by molar-refractivity contribution is 7.10. The highest BCUT2D eigenvalue weighted by atomic mass is 32.1. The molecule has 2 aromatic heterocycles. The fourth-order valence-electron chi connectivity index (χ4n) is 3.74. The second kappa shape index (κ2) is 7.75. The van der Waals surface area contributed by atoms with Gasteiger partial charge in [0.25, 0.3) is 0 Å². The van der Waals surface area contributed by atoms with Gasteiger partial charge >= 0.3 is 5.97 Å². The van der Waals surface area contributed by atoms with Gasteiger partial charge in [0.15, 0.2) is 16.9 Å². The number of ether oxygens (including phenoxy) is 3. The van der Waals surface area contributed by atoms with Gasteiger partial charge in [0.1, 0.15) is 5.56 Å². The molecule has 7 heteroatoms. The van der Waals surface area contributed by atoms with Gasteiger partial charge in [0.2, 0.25) is 0 Å². The van der Waals surface area contributed by atoms with E-state index >= 15 is 0 Å². The van der Waals surface area contributed by atoms with Crippen molar-refractivity contribution < 1.29 is 19.0 Å². The highest BCUT2D eigenvalue weighted by Gasteiger charge is 2.29. The molecule has 3 aromatic rings. The summed E-state index contributed by atoms with van der Waals surface area (Å²) in [6.07, 6.45) is 2.33. The maximum absolute atomic E-state index is 12.7. The zero-order chi connectivity index (χ0) is 20.5. The third-order valence-corrected chi connectivity index (χ3v) is 6.05. The Morgan fingerprint density at radius 3 is 2.62 bits per heavy atom. The first kappa shape index (κ1) is 19.3. The third-order valence-electron chi connectivity index (χ3n) is 5.08. The van der Waals surface area contributed by atoms with Crippen LogP contribution in [0.3, 0.4) is 0 Å². The first-order chi connectivity index (χ1) is 14.1. The van der Waals surface area contributed by atoms with Gasteiger partial charge < -0.3 is 18.8 Å². The molecule has 1 aliphatic rings. The maximum Gasteiger partial charge on any atom is 0.343 e. The molecule has 3 heterocycles. The molecule has 0 amide bonds. The quantitative estimate of drug-likeness (QED) is 0.596. The van der Waals surface area contributed by atoms with Crippen molar-refractivity contribution in [3.8, 4) is 22.8 Å². The van der Waals surface area contributed by atoms with Gasteiger partial charge in [-0.05, 0) is 42.5 Å². The van der Waals surface area contributed by atoms with Crippen LogP contribution < -0.4 is 14.9 Å². The molecule has 0 saturated carbocycles. The maximum atomic E-state index is 12.7. The number of thiophene rings is 1. The second-order valence-electron chi connectivity index (χ2n) is 6.66. The number of hydrogen-bond acceptors (Lipinski definition) is 6. The van der Waals surface area contributed by atoms with Crippen molar-refractivity contribution >= 4 is 17.3 Å². The van der Waals surface area contributed by atoms with E-state index in [4.69, 9.17) is 14.2 Å². The van der Waals surface area contributed by atoms with Gasteiger partial charge in [-0.1, -0.05) is 6.07 Å². The van der Waals surface area contributed by atoms with Crippen LogP contribution in [-0.2, 0) is 11.2 Å². The standard InChI is InChI=1S/C22H21NO5S/c1-4-28-22(25)15-12-23-16(11-18(15)24)14-10-20(27-3)19(26-2)9-13(14)8-17(23)21-6-5-7-29-21/h5-7,9-12,17H,4,8H2,1-3H3. The molecule has 0 fully saturated rings. The number of fused-ring (bicyclic) bond motifs is 3. The van der Waals surface area contributed by atoms with Crippen LogP contribution in [0.1, 0.15) is 33.8 Å². The van der Waals surface area contributed by atoms with Crippen molar-refractivity contribution in [3.63, 3.8) is 0 Å². The molecule has 0 bridgehead atoms. The number of nitrogens with zero attached hydrogens (tertiary/aromatic N) is 1. The van der Waals surface area contributed by atoms with Crippen molar-refractivity contribution in [2.75, 3.05) is 20.8 Å². The number of carbonyl (C=O) groups excluding carboxylic acids is 1. The van der Waals surface area contributed by atoms with E-state index in [1.165, 1.54) is 6.07 Å². The lowest BCUT2D eigenvalue weighted by atomic mass is 9.91. The summed E-state index contributed by atoms with van der Waals surface area (Å²) in [5, 5.41) is 2.02. The Morgan fingerprint density at radius 2 is 1.97 bits per heavy atom. The number of hydrogen-bond donors (Lipinski definition) is 0.